The summed E-state index contributed by atoms with van der Waals surface area (Å²) < 4.78 is 0. The van der Waals surface area contributed by atoms with E-state index in [1.54, 1.807) is 26.0 Å². The summed E-state index contributed by atoms with van der Waals surface area (Å²) in [6.07, 6.45) is 2.04. The molecule has 1 aliphatic rings. The molecule has 98 valence electrons. The number of phenols is 1. The second kappa shape index (κ2) is 4.28. The minimum atomic E-state index is -0.807. The number of aryl methyl sites for hydroxylation is 2. The molecule has 1 aromatic rings. The highest BCUT2D eigenvalue weighted by molar-refractivity contribution is 5.98. The topological polar surface area (TPSA) is 75.4 Å². The van der Waals surface area contributed by atoms with Crippen LogP contribution in [0, 0.1) is 19.8 Å². The lowest BCUT2D eigenvalue weighted by molar-refractivity contribution is -0.121. The highest BCUT2D eigenvalue weighted by Crippen LogP contribution is 2.38. The fourth-order valence-electron chi connectivity index (χ4n) is 2.06. The van der Waals surface area contributed by atoms with Crippen LogP contribution in [0.1, 0.15) is 30.9 Å². The molecule has 0 radical (unpaired) electrons. The third-order valence-electron chi connectivity index (χ3n) is 3.71. The Balaban J connectivity index is 2.19. The molecule has 18 heavy (non-hydrogen) atoms. The smallest absolute Gasteiger partial charge is 0.244 e. The second-order valence-electron chi connectivity index (χ2n) is 5.46. The molecular formula is C14H20N2O2. The first-order valence-electron chi connectivity index (χ1n) is 6.23. The third-order valence-corrected chi connectivity index (χ3v) is 3.71. The van der Waals surface area contributed by atoms with Crippen molar-refractivity contribution in [3.63, 3.8) is 0 Å². The Kier molecular flexibility index (Phi) is 3.07. The van der Waals surface area contributed by atoms with Gasteiger partial charge in [0.15, 0.2) is 0 Å². The van der Waals surface area contributed by atoms with Gasteiger partial charge in [0.05, 0.1) is 5.54 Å². The highest BCUT2D eigenvalue weighted by atomic mass is 16.3. The predicted octanol–water partition coefficient (Wildman–Crippen LogP) is 2.07. The molecule has 1 saturated carbocycles. The lowest BCUT2D eigenvalue weighted by Gasteiger charge is -2.24. The summed E-state index contributed by atoms with van der Waals surface area (Å²) in [6.45, 7) is 5.43. The summed E-state index contributed by atoms with van der Waals surface area (Å²) in [4.78, 5) is 12.2. The molecule has 4 heteroatoms. The van der Waals surface area contributed by atoms with E-state index in [0.717, 1.165) is 24.0 Å². The van der Waals surface area contributed by atoms with Crippen molar-refractivity contribution in [3.05, 3.63) is 23.3 Å². The first-order chi connectivity index (χ1) is 8.32. The molecule has 4 N–H and O–H groups in total. The molecule has 1 atom stereocenters. The summed E-state index contributed by atoms with van der Waals surface area (Å²) in [5.74, 6) is 0.373. The fraction of sp³-hybridized carbons (Fsp3) is 0.500. The summed E-state index contributed by atoms with van der Waals surface area (Å²) in [7, 11) is 0. The summed E-state index contributed by atoms with van der Waals surface area (Å²) in [6, 6.07) is 3.42. The molecule has 1 aromatic carbocycles. The monoisotopic (exact) mass is 248 g/mol. The Morgan fingerprint density at radius 3 is 2.56 bits per heavy atom. The van der Waals surface area contributed by atoms with Crippen molar-refractivity contribution in [2.24, 2.45) is 11.7 Å². The van der Waals surface area contributed by atoms with Crippen molar-refractivity contribution in [2.45, 2.75) is 39.2 Å². The van der Waals surface area contributed by atoms with Gasteiger partial charge in [-0.25, -0.2) is 0 Å². The van der Waals surface area contributed by atoms with Crippen molar-refractivity contribution in [1.82, 2.24) is 0 Å². The van der Waals surface area contributed by atoms with Gasteiger partial charge in [-0.1, -0.05) is 0 Å². The number of carbonyl (C=O) groups excluding carboxylic acids is 1. The Labute approximate surface area is 107 Å². The van der Waals surface area contributed by atoms with E-state index in [-0.39, 0.29) is 17.6 Å². The first-order valence-corrected chi connectivity index (χ1v) is 6.23. The van der Waals surface area contributed by atoms with Crippen LogP contribution in [0.4, 0.5) is 5.69 Å². The van der Waals surface area contributed by atoms with Gasteiger partial charge in [-0.3, -0.25) is 4.79 Å². The van der Waals surface area contributed by atoms with Crippen LogP contribution >= 0.6 is 0 Å². The number of hydrogen-bond acceptors (Lipinski definition) is 3. The Morgan fingerprint density at radius 1 is 1.39 bits per heavy atom. The summed E-state index contributed by atoms with van der Waals surface area (Å²) >= 11 is 0. The van der Waals surface area contributed by atoms with Crippen molar-refractivity contribution in [1.29, 1.82) is 0 Å². The summed E-state index contributed by atoms with van der Waals surface area (Å²) in [5, 5.41) is 12.4. The van der Waals surface area contributed by atoms with E-state index in [0.29, 0.717) is 5.69 Å². The Morgan fingerprint density at radius 2 is 2.00 bits per heavy atom. The SMILES string of the molecule is Cc1cc(NC(=O)C(C)(N)C2CC2)c(C)cc1O. The number of amides is 1. The van der Waals surface area contributed by atoms with E-state index in [1.807, 2.05) is 6.92 Å². The minimum absolute atomic E-state index is 0.154. The number of nitrogens with two attached hydrogens (primary N) is 1. The van der Waals surface area contributed by atoms with Crippen molar-refractivity contribution in [2.75, 3.05) is 5.32 Å². The van der Waals surface area contributed by atoms with E-state index < -0.39 is 5.54 Å². The van der Waals surface area contributed by atoms with Gasteiger partial charge in [0.1, 0.15) is 5.75 Å². The van der Waals surface area contributed by atoms with Gasteiger partial charge < -0.3 is 16.2 Å². The van der Waals surface area contributed by atoms with Crippen LogP contribution in [0.15, 0.2) is 12.1 Å². The number of nitrogens with one attached hydrogen (secondary N) is 1. The molecule has 0 heterocycles. The van der Waals surface area contributed by atoms with Gasteiger partial charge >= 0.3 is 0 Å². The number of aromatic hydroxyl groups is 1. The maximum atomic E-state index is 12.2. The predicted molar refractivity (Wildman–Crippen MR) is 71.5 cm³/mol. The van der Waals surface area contributed by atoms with E-state index >= 15 is 0 Å². The van der Waals surface area contributed by atoms with Crippen LogP contribution < -0.4 is 11.1 Å². The zero-order valence-corrected chi connectivity index (χ0v) is 11.1. The molecule has 0 spiro atoms. The van der Waals surface area contributed by atoms with Gasteiger partial charge in [-0.2, -0.15) is 0 Å². The molecule has 0 aromatic heterocycles. The summed E-state index contributed by atoms with van der Waals surface area (Å²) in [5.41, 5.74) is 7.55. The van der Waals surface area contributed by atoms with E-state index in [2.05, 4.69) is 5.32 Å². The van der Waals surface area contributed by atoms with Crippen LogP contribution in [0.5, 0.6) is 5.75 Å². The van der Waals surface area contributed by atoms with Crippen LogP contribution in [0.2, 0.25) is 0 Å². The number of benzene rings is 1. The van der Waals surface area contributed by atoms with Crippen molar-refractivity contribution in [3.8, 4) is 5.75 Å². The fourth-order valence-corrected chi connectivity index (χ4v) is 2.06. The van der Waals surface area contributed by atoms with Gasteiger partial charge in [0, 0.05) is 5.69 Å². The quantitative estimate of drug-likeness (QED) is 0.717. The molecule has 1 fully saturated rings. The van der Waals surface area contributed by atoms with E-state index in [4.69, 9.17) is 5.73 Å². The zero-order valence-electron chi connectivity index (χ0n) is 11.1. The van der Waals surface area contributed by atoms with Gasteiger partial charge in [0.2, 0.25) is 5.91 Å². The molecule has 0 aliphatic heterocycles. The third kappa shape index (κ3) is 2.34. The van der Waals surface area contributed by atoms with Gasteiger partial charge in [0.25, 0.3) is 0 Å². The maximum Gasteiger partial charge on any atom is 0.244 e. The van der Waals surface area contributed by atoms with E-state index in [9.17, 15) is 9.90 Å². The maximum absolute atomic E-state index is 12.2. The zero-order chi connectivity index (χ0) is 13.5. The molecule has 4 nitrogen and oxygen atoms in total. The molecule has 1 unspecified atom stereocenters. The van der Waals surface area contributed by atoms with Gasteiger partial charge in [-0.05, 0) is 62.8 Å². The Bertz CT molecular complexity index is 491. The molecule has 0 saturated heterocycles. The van der Waals surface area contributed by atoms with Crippen molar-refractivity contribution < 1.29 is 9.90 Å². The number of anilines is 1. The van der Waals surface area contributed by atoms with Crippen LogP contribution in [0.25, 0.3) is 0 Å². The number of phenolic OH excluding ortho intramolecular Hbond substituents is 1. The average Bonchev–Trinajstić information content (AvgIpc) is 3.09. The van der Waals surface area contributed by atoms with Crippen LogP contribution in [-0.4, -0.2) is 16.6 Å². The molecule has 1 aliphatic carbocycles. The number of carbonyl (C=O) groups is 1. The lowest BCUT2D eigenvalue weighted by atomic mass is 9.96. The van der Waals surface area contributed by atoms with Crippen LogP contribution in [-0.2, 0) is 4.79 Å². The van der Waals surface area contributed by atoms with Crippen LogP contribution in [0.3, 0.4) is 0 Å². The lowest BCUT2D eigenvalue weighted by Crippen LogP contribution is -2.50. The normalized spacial score (nSPS) is 18.2. The standard InChI is InChI=1S/C14H20N2O2/c1-8-7-12(17)9(2)6-11(8)16-13(18)14(3,15)10-4-5-10/h6-7,10,17H,4-5,15H2,1-3H3,(H,16,18). The molecule has 2 rings (SSSR count). The Hall–Kier alpha value is -1.55. The molecular weight excluding hydrogens is 228 g/mol. The van der Waals surface area contributed by atoms with Crippen molar-refractivity contribution >= 4 is 11.6 Å². The number of rotatable bonds is 3. The van der Waals surface area contributed by atoms with E-state index in [1.165, 1.54) is 0 Å². The number of hydrogen-bond donors (Lipinski definition) is 3. The first kappa shape index (κ1) is 12.9. The van der Waals surface area contributed by atoms with Gasteiger partial charge in [-0.15, -0.1) is 0 Å². The highest BCUT2D eigenvalue weighted by Gasteiger charge is 2.44. The second-order valence-corrected chi connectivity index (χ2v) is 5.46. The molecule has 1 amide bonds. The largest absolute Gasteiger partial charge is 0.508 e. The molecule has 0 bridgehead atoms. The average molecular weight is 248 g/mol. The minimum Gasteiger partial charge on any atom is -0.508 e.